The van der Waals surface area contributed by atoms with Crippen LogP contribution >= 0.6 is 0 Å². The standard InChI is InChI=1S/C31H29N3O4/c1-20-13-15-26-27(17-20)31(38)34(30(26)37)25-12-5-9-22(18-25)29(36)33-24-11-6-10-23(19-24)32-28(35)16-14-21-7-3-2-4-8-21/h2-13,18-19,26-27H,14-17H2,1H3,(H,32,35)(H,33,36)/t26-,27+/m0/s1. The molecule has 0 bridgehead atoms. The van der Waals surface area contributed by atoms with Crippen molar-refractivity contribution < 1.29 is 19.2 Å². The van der Waals surface area contributed by atoms with Crippen molar-refractivity contribution in [1.29, 1.82) is 0 Å². The van der Waals surface area contributed by atoms with Crippen LogP contribution in [0.5, 0.6) is 0 Å². The van der Waals surface area contributed by atoms with E-state index in [1.54, 1.807) is 48.5 Å². The maximum absolute atomic E-state index is 13.1. The number of amides is 4. The Labute approximate surface area is 221 Å². The highest BCUT2D eigenvalue weighted by Gasteiger charge is 2.48. The highest BCUT2D eigenvalue weighted by molar-refractivity contribution is 6.22. The summed E-state index contributed by atoms with van der Waals surface area (Å²) in [6, 6.07) is 23.3. The molecule has 7 nitrogen and oxygen atoms in total. The summed E-state index contributed by atoms with van der Waals surface area (Å²) < 4.78 is 0. The van der Waals surface area contributed by atoms with Gasteiger partial charge in [0.15, 0.2) is 0 Å². The number of rotatable bonds is 7. The van der Waals surface area contributed by atoms with Crippen molar-refractivity contribution in [2.45, 2.75) is 32.6 Å². The summed E-state index contributed by atoms with van der Waals surface area (Å²) >= 11 is 0. The normalized spacial score (nSPS) is 18.6. The van der Waals surface area contributed by atoms with Crippen LogP contribution in [-0.4, -0.2) is 23.6 Å². The smallest absolute Gasteiger partial charge is 0.255 e. The van der Waals surface area contributed by atoms with Gasteiger partial charge in [-0.3, -0.25) is 24.1 Å². The fourth-order valence-corrected chi connectivity index (χ4v) is 5.08. The van der Waals surface area contributed by atoms with Crippen LogP contribution in [0, 0.1) is 11.8 Å². The van der Waals surface area contributed by atoms with E-state index < -0.39 is 0 Å². The van der Waals surface area contributed by atoms with Crippen LogP contribution in [0.4, 0.5) is 17.1 Å². The number of hydrogen-bond acceptors (Lipinski definition) is 4. The Bertz CT molecular complexity index is 1430. The third-order valence-electron chi connectivity index (χ3n) is 7.08. The first-order chi connectivity index (χ1) is 18.4. The lowest BCUT2D eigenvalue weighted by Gasteiger charge is -2.18. The second-order valence-corrected chi connectivity index (χ2v) is 9.83. The van der Waals surface area contributed by atoms with E-state index in [0.717, 1.165) is 11.1 Å². The number of hydrogen-bond donors (Lipinski definition) is 2. The first-order valence-electron chi connectivity index (χ1n) is 12.8. The lowest BCUT2D eigenvalue weighted by molar-refractivity contribution is -0.122. The predicted molar refractivity (Wildman–Crippen MR) is 147 cm³/mol. The van der Waals surface area contributed by atoms with Gasteiger partial charge in [-0.2, -0.15) is 0 Å². The molecule has 4 amide bonds. The molecule has 0 aromatic heterocycles. The van der Waals surface area contributed by atoms with E-state index in [1.807, 2.05) is 43.3 Å². The van der Waals surface area contributed by atoms with Gasteiger partial charge in [0.25, 0.3) is 5.91 Å². The Morgan fingerprint density at radius 1 is 0.842 bits per heavy atom. The topological polar surface area (TPSA) is 95.6 Å². The van der Waals surface area contributed by atoms with E-state index in [0.29, 0.717) is 48.3 Å². The molecule has 1 fully saturated rings. The monoisotopic (exact) mass is 507 g/mol. The average molecular weight is 508 g/mol. The average Bonchev–Trinajstić information content (AvgIpc) is 3.17. The fraction of sp³-hybridized carbons (Fsp3) is 0.226. The van der Waals surface area contributed by atoms with Gasteiger partial charge in [-0.25, -0.2) is 0 Å². The van der Waals surface area contributed by atoms with Gasteiger partial charge in [-0.15, -0.1) is 0 Å². The largest absolute Gasteiger partial charge is 0.326 e. The van der Waals surface area contributed by atoms with Gasteiger partial charge in [0.05, 0.1) is 17.5 Å². The molecule has 1 heterocycles. The fourth-order valence-electron chi connectivity index (χ4n) is 5.08. The molecule has 3 aromatic carbocycles. The zero-order chi connectivity index (χ0) is 26.6. The first kappa shape index (κ1) is 25.1. The molecule has 192 valence electrons. The van der Waals surface area contributed by atoms with Crippen molar-refractivity contribution in [1.82, 2.24) is 0 Å². The third kappa shape index (κ3) is 5.42. The number of imide groups is 1. The number of allylic oxidation sites excluding steroid dienone is 2. The van der Waals surface area contributed by atoms with E-state index in [1.165, 1.54) is 4.90 Å². The summed E-state index contributed by atoms with van der Waals surface area (Å²) in [4.78, 5) is 52.8. The summed E-state index contributed by atoms with van der Waals surface area (Å²) in [5.41, 5.74) is 4.03. The van der Waals surface area contributed by atoms with E-state index in [-0.39, 0.29) is 35.5 Å². The molecular weight excluding hydrogens is 478 g/mol. The Morgan fingerprint density at radius 3 is 2.34 bits per heavy atom. The maximum atomic E-state index is 13.1. The van der Waals surface area contributed by atoms with Crippen molar-refractivity contribution in [3.63, 3.8) is 0 Å². The van der Waals surface area contributed by atoms with Crippen LogP contribution in [0.2, 0.25) is 0 Å². The van der Waals surface area contributed by atoms with Crippen LogP contribution in [0.3, 0.4) is 0 Å². The van der Waals surface area contributed by atoms with Crippen LogP contribution in [0.15, 0.2) is 90.5 Å². The van der Waals surface area contributed by atoms with Crippen molar-refractivity contribution >= 4 is 40.7 Å². The Balaban J connectivity index is 1.23. The third-order valence-corrected chi connectivity index (χ3v) is 7.08. The molecule has 2 atom stereocenters. The van der Waals surface area contributed by atoms with Gasteiger partial charge >= 0.3 is 0 Å². The highest BCUT2D eigenvalue weighted by Crippen LogP contribution is 2.39. The van der Waals surface area contributed by atoms with Crippen molar-refractivity contribution in [3.05, 3.63) is 102 Å². The molecule has 0 radical (unpaired) electrons. The number of carbonyl (C=O) groups excluding carboxylic acids is 4. The minimum absolute atomic E-state index is 0.115. The molecule has 1 saturated heterocycles. The second-order valence-electron chi connectivity index (χ2n) is 9.83. The molecule has 1 aliphatic carbocycles. The van der Waals surface area contributed by atoms with E-state index in [2.05, 4.69) is 10.6 Å². The number of carbonyl (C=O) groups is 4. The van der Waals surface area contributed by atoms with Crippen LogP contribution in [0.1, 0.15) is 42.1 Å². The lowest BCUT2D eigenvalue weighted by Crippen LogP contribution is -2.31. The predicted octanol–water partition coefficient (Wildman–Crippen LogP) is 5.36. The van der Waals surface area contributed by atoms with Crippen molar-refractivity contribution in [3.8, 4) is 0 Å². The Morgan fingerprint density at radius 2 is 1.55 bits per heavy atom. The molecule has 0 saturated carbocycles. The number of fused-ring (bicyclic) bond motifs is 1. The van der Waals surface area contributed by atoms with Gasteiger partial charge in [-0.1, -0.05) is 54.1 Å². The van der Waals surface area contributed by atoms with E-state index in [4.69, 9.17) is 0 Å². The Hall–Kier alpha value is -4.52. The molecule has 3 aromatic rings. The molecule has 38 heavy (non-hydrogen) atoms. The highest BCUT2D eigenvalue weighted by atomic mass is 16.2. The quantitative estimate of drug-likeness (QED) is 0.333. The first-order valence-corrected chi connectivity index (χ1v) is 12.8. The summed E-state index contributed by atoms with van der Waals surface area (Å²) in [7, 11) is 0. The summed E-state index contributed by atoms with van der Waals surface area (Å²) in [6.45, 7) is 1.98. The Kier molecular flexibility index (Phi) is 7.18. The maximum Gasteiger partial charge on any atom is 0.255 e. The van der Waals surface area contributed by atoms with Crippen LogP contribution in [0.25, 0.3) is 0 Å². The van der Waals surface area contributed by atoms with E-state index in [9.17, 15) is 19.2 Å². The SMILES string of the molecule is CC1=CC[C@@H]2C(=O)N(c3cccc(C(=O)Nc4cccc(NC(=O)CCc5ccccc5)c4)c3)C(=O)[C@@H]2C1. The van der Waals surface area contributed by atoms with Crippen molar-refractivity contribution in [2.75, 3.05) is 15.5 Å². The summed E-state index contributed by atoms with van der Waals surface area (Å²) in [5.74, 6) is -1.59. The van der Waals surface area contributed by atoms with Crippen molar-refractivity contribution in [2.24, 2.45) is 11.8 Å². The number of benzene rings is 3. The molecule has 7 heteroatoms. The second kappa shape index (κ2) is 10.8. The molecule has 2 aliphatic rings. The van der Waals surface area contributed by atoms with E-state index >= 15 is 0 Å². The van der Waals surface area contributed by atoms with Crippen LogP contribution in [-0.2, 0) is 20.8 Å². The number of anilines is 3. The molecule has 0 spiro atoms. The number of nitrogens with one attached hydrogen (secondary N) is 2. The van der Waals surface area contributed by atoms with Gasteiger partial charge in [0.1, 0.15) is 0 Å². The lowest BCUT2D eigenvalue weighted by atomic mass is 9.82. The molecule has 2 N–H and O–H groups in total. The molecular formula is C31H29N3O4. The van der Waals surface area contributed by atoms with Gasteiger partial charge in [0.2, 0.25) is 17.7 Å². The van der Waals surface area contributed by atoms with Gasteiger partial charge in [0, 0.05) is 23.4 Å². The molecule has 0 unspecified atom stereocenters. The number of nitrogens with zero attached hydrogens (tertiary/aromatic N) is 1. The zero-order valence-corrected chi connectivity index (χ0v) is 21.1. The minimum atomic E-state index is -0.381. The summed E-state index contributed by atoms with van der Waals surface area (Å²) in [6.07, 6.45) is 4.17. The minimum Gasteiger partial charge on any atom is -0.326 e. The zero-order valence-electron chi connectivity index (χ0n) is 21.1. The van der Waals surface area contributed by atoms with Gasteiger partial charge in [-0.05, 0) is 68.1 Å². The van der Waals surface area contributed by atoms with Gasteiger partial charge < -0.3 is 10.6 Å². The summed E-state index contributed by atoms with van der Waals surface area (Å²) in [5, 5.41) is 5.71. The number of aryl methyl sites for hydroxylation is 1. The molecule has 5 rings (SSSR count). The van der Waals surface area contributed by atoms with Crippen LogP contribution < -0.4 is 15.5 Å². The molecule has 1 aliphatic heterocycles.